The summed E-state index contributed by atoms with van der Waals surface area (Å²) in [5, 5.41) is 34.9. The number of carbonyl (C=O) groups is 1. The lowest BCUT2D eigenvalue weighted by Crippen LogP contribution is -2.19. The standard InChI is InChI=1S/C20H15N3.2C19H16N4O.C19H15N3O/c1-2-4-19-17(3-1)13-21-14-18(19)10-7-15-5-8-16(9-6-15)20-22-11-12-23-20;1-12-2-6-15-11-22-19(21)16(17(15)10-12)9-5-13-3-7-14(8-4-13)18(20)23-24;1-12-5-7-15-11-22-19(21)16(17(15)9-12)8-6-13-3-2-4-14(10-13)18(20)23-24;1-12-2-6-15-11-22-18(20)16(17(15)10-12)9-5-13-3-7-14(8-4-13)19(21)23/h1-6,8-9,13-14H,11-12H2,(H,22,23);2-4,6-8,10-11,24H,1H3,(H2,20,23)(H2,21,22);2-5,7,9-11,24H,1H3,(H2,20,23)(H2,21,22);2-4,6-8,10-11H,1H3,(H2,20,22)(H2,21,23). The van der Waals surface area contributed by atoms with Gasteiger partial charge in [-0.1, -0.05) is 159 Å². The van der Waals surface area contributed by atoms with Crippen molar-refractivity contribution in [1.29, 1.82) is 0 Å². The van der Waals surface area contributed by atoms with Crippen LogP contribution < -0.4 is 39.7 Å². The number of primary amides is 1. The molecule has 1 amide bonds. The van der Waals surface area contributed by atoms with Crippen LogP contribution in [0.4, 0.5) is 17.5 Å². The number of aromatic nitrogens is 4. The van der Waals surface area contributed by atoms with Crippen LogP contribution in [0.1, 0.15) is 88.2 Å². The Morgan fingerprint density at radius 3 is 1.36 bits per heavy atom. The zero-order chi connectivity index (χ0) is 66.1. The SMILES string of the molecule is C(#Cc1cncc2ccccc12)c1ccc(C2=NCCN2)cc1.Cc1ccc2cnc(N)c(C#Cc3ccc(C(N)=NO)cc3)c2c1.Cc1ccc2cnc(N)c(C#Cc3ccc(C(N)=O)cc3)c2c1.Cc1ccc2cnc(N)c(C#Cc3cccc(C(N)=NO)c3)c2c1. The second-order valence-electron chi connectivity index (χ2n) is 21.5. The van der Waals surface area contributed by atoms with E-state index in [-0.39, 0.29) is 11.7 Å². The van der Waals surface area contributed by atoms with Crippen LogP contribution in [-0.4, -0.2) is 66.9 Å². The molecular formula is C77H62N14O3. The summed E-state index contributed by atoms with van der Waals surface area (Å²) in [5.74, 6) is 26.8. The van der Waals surface area contributed by atoms with Gasteiger partial charge < -0.3 is 50.1 Å². The second kappa shape index (κ2) is 29.7. The van der Waals surface area contributed by atoms with Gasteiger partial charge in [-0.15, -0.1) is 0 Å². The number of aliphatic imine (C=N–C) groups is 1. The van der Waals surface area contributed by atoms with E-state index in [0.717, 1.165) is 118 Å². The third kappa shape index (κ3) is 15.9. The van der Waals surface area contributed by atoms with E-state index in [4.69, 9.17) is 44.8 Å². The Kier molecular flexibility index (Phi) is 20.1. The van der Waals surface area contributed by atoms with Crippen LogP contribution in [0.15, 0.2) is 222 Å². The monoisotopic (exact) mass is 1230 g/mol. The Labute approximate surface area is 543 Å². The molecule has 0 aliphatic carbocycles. The molecule has 1 aliphatic heterocycles. The van der Waals surface area contributed by atoms with Crippen molar-refractivity contribution in [3.05, 3.63) is 290 Å². The van der Waals surface area contributed by atoms with Gasteiger partial charge in [-0.25, -0.2) is 15.0 Å². The van der Waals surface area contributed by atoms with Crippen molar-refractivity contribution in [2.75, 3.05) is 30.3 Å². The number of hydrogen-bond donors (Lipinski definition) is 9. The fraction of sp³-hybridized carbons (Fsp3) is 0.0649. The van der Waals surface area contributed by atoms with E-state index in [1.165, 1.54) is 0 Å². The average Bonchev–Trinajstić information content (AvgIpc) is 1.14. The molecule has 8 aromatic carbocycles. The lowest BCUT2D eigenvalue weighted by molar-refractivity contribution is 0.1000. The number of oxime groups is 2. The maximum atomic E-state index is 11.1. The number of nitrogens with two attached hydrogens (primary N) is 6. The summed E-state index contributed by atoms with van der Waals surface area (Å²) >= 11 is 0. The highest BCUT2D eigenvalue weighted by Crippen LogP contribution is 2.26. The van der Waals surface area contributed by atoms with Crippen LogP contribution in [0.2, 0.25) is 0 Å². The molecule has 17 nitrogen and oxygen atoms in total. The van der Waals surface area contributed by atoms with Crippen LogP contribution in [-0.2, 0) is 0 Å². The number of fused-ring (bicyclic) bond motifs is 4. The van der Waals surface area contributed by atoms with Gasteiger partial charge in [-0.2, -0.15) is 0 Å². The number of nitrogens with zero attached hydrogens (tertiary/aromatic N) is 7. The van der Waals surface area contributed by atoms with Crippen molar-refractivity contribution in [3.8, 4) is 47.4 Å². The van der Waals surface area contributed by atoms with Crippen molar-refractivity contribution < 1.29 is 15.2 Å². The van der Waals surface area contributed by atoms with E-state index in [0.29, 0.717) is 45.3 Å². The third-order valence-corrected chi connectivity index (χ3v) is 14.8. The third-order valence-electron chi connectivity index (χ3n) is 14.8. The molecule has 12 aromatic rings. The summed E-state index contributed by atoms with van der Waals surface area (Å²) < 4.78 is 0. The zero-order valence-corrected chi connectivity index (χ0v) is 51.4. The van der Waals surface area contributed by atoms with Gasteiger partial charge in [0.05, 0.1) is 28.8 Å². The highest BCUT2D eigenvalue weighted by Gasteiger charge is 2.11. The fourth-order valence-electron chi connectivity index (χ4n) is 9.79. The van der Waals surface area contributed by atoms with Gasteiger partial charge in [-0.3, -0.25) is 14.8 Å². The van der Waals surface area contributed by atoms with Gasteiger partial charge >= 0.3 is 0 Å². The number of carbonyl (C=O) groups excluding carboxylic acids is 1. The molecule has 0 saturated carbocycles. The number of benzene rings is 8. The van der Waals surface area contributed by atoms with Crippen molar-refractivity contribution in [3.63, 3.8) is 0 Å². The van der Waals surface area contributed by atoms with Gasteiger partial charge in [0.15, 0.2) is 11.7 Å². The van der Waals surface area contributed by atoms with Crippen molar-refractivity contribution >= 4 is 84.0 Å². The highest BCUT2D eigenvalue weighted by atomic mass is 16.4. The molecule has 15 N–H and O–H groups in total. The molecule has 0 saturated heterocycles. The first-order valence-electron chi connectivity index (χ1n) is 29.4. The quantitative estimate of drug-likeness (QED) is 0.0261. The highest BCUT2D eigenvalue weighted by molar-refractivity contribution is 6.00. The van der Waals surface area contributed by atoms with Gasteiger partial charge in [0.25, 0.3) is 0 Å². The van der Waals surface area contributed by atoms with Crippen LogP contribution in [0.3, 0.4) is 0 Å². The molecule has 0 spiro atoms. The van der Waals surface area contributed by atoms with Gasteiger partial charge in [0.1, 0.15) is 23.3 Å². The molecule has 13 rings (SSSR count). The Morgan fingerprint density at radius 1 is 0.436 bits per heavy atom. The molecule has 0 radical (unpaired) electrons. The molecule has 458 valence electrons. The predicted octanol–water partition coefficient (Wildman–Crippen LogP) is 10.8. The Hall–Kier alpha value is -13.5. The van der Waals surface area contributed by atoms with Crippen molar-refractivity contribution in [1.82, 2.24) is 25.3 Å². The lowest BCUT2D eigenvalue weighted by atomic mass is 10.0. The number of nitrogen functional groups attached to an aromatic ring is 3. The van der Waals surface area contributed by atoms with E-state index in [1.54, 1.807) is 85.3 Å². The summed E-state index contributed by atoms with van der Waals surface area (Å²) in [6.45, 7) is 7.85. The largest absolute Gasteiger partial charge is 0.409 e. The smallest absolute Gasteiger partial charge is 0.248 e. The number of aryl methyl sites for hydroxylation is 3. The van der Waals surface area contributed by atoms with E-state index < -0.39 is 5.91 Å². The summed E-state index contributed by atoms with van der Waals surface area (Å²) in [6, 6.07) is 55.7. The minimum Gasteiger partial charge on any atom is -0.409 e. The number of amidine groups is 3. The summed E-state index contributed by atoms with van der Waals surface area (Å²) in [7, 11) is 0. The Morgan fingerprint density at radius 2 is 0.883 bits per heavy atom. The van der Waals surface area contributed by atoms with Crippen molar-refractivity contribution in [2.24, 2.45) is 32.5 Å². The van der Waals surface area contributed by atoms with Gasteiger partial charge in [-0.05, 0) is 112 Å². The molecule has 0 bridgehead atoms. The first-order chi connectivity index (χ1) is 45.6. The first kappa shape index (κ1) is 63.5. The first-order valence-corrected chi connectivity index (χ1v) is 29.4. The molecule has 0 atom stereocenters. The number of pyridine rings is 4. The molecule has 94 heavy (non-hydrogen) atoms. The molecular weight excluding hydrogens is 1170 g/mol. The zero-order valence-electron chi connectivity index (χ0n) is 51.4. The molecule has 17 heteroatoms. The van der Waals surface area contributed by atoms with Crippen LogP contribution in [0.5, 0.6) is 0 Å². The van der Waals surface area contributed by atoms with E-state index in [9.17, 15) is 4.79 Å². The van der Waals surface area contributed by atoms with Gasteiger partial charge in [0.2, 0.25) is 5.91 Å². The van der Waals surface area contributed by atoms with E-state index >= 15 is 0 Å². The minimum atomic E-state index is -0.456. The second-order valence-corrected chi connectivity index (χ2v) is 21.5. The Balaban J connectivity index is 0.000000137. The molecule has 0 fully saturated rings. The fourth-order valence-corrected chi connectivity index (χ4v) is 9.79. The average molecular weight is 1230 g/mol. The normalized spacial score (nSPS) is 11.4. The number of nitrogens with one attached hydrogen (secondary N) is 1. The predicted molar refractivity (Wildman–Crippen MR) is 377 cm³/mol. The molecule has 4 aromatic heterocycles. The molecule has 1 aliphatic rings. The van der Waals surface area contributed by atoms with Crippen LogP contribution >= 0.6 is 0 Å². The van der Waals surface area contributed by atoms with Crippen LogP contribution in [0, 0.1) is 68.1 Å². The lowest BCUT2D eigenvalue weighted by Gasteiger charge is -2.04. The Bertz CT molecular complexity index is 5210. The van der Waals surface area contributed by atoms with Crippen molar-refractivity contribution in [2.45, 2.75) is 20.8 Å². The number of amides is 1. The topological polar surface area (TPSA) is 314 Å². The maximum absolute atomic E-state index is 11.1. The number of hydrogen-bond acceptors (Lipinski definition) is 14. The number of anilines is 3. The molecule has 5 heterocycles. The maximum Gasteiger partial charge on any atom is 0.248 e. The minimum absolute atomic E-state index is 0.0422. The van der Waals surface area contributed by atoms with Gasteiger partial charge in [0, 0.05) is 125 Å². The van der Waals surface area contributed by atoms with Crippen LogP contribution in [0.25, 0.3) is 43.1 Å². The molecule has 0 unspecified atom stereocenters. The summed E-state index contributed by atoms with van der Waals surface area (Å²) in [6.07, 6.45) is 8.93. The summed E-state index contributed by atoms with van der Waals surface area (Å²) in [5.41, 5.74) is 47.0. The van der Waals surface area contributed by atoms with E-state index in [2.05, 4.69) is 118 Å². The number of rotatable bonds is 4. The summed E-state index contributed by atoms with van der Waals surface area (Å²) in [4.78, 5) is 32.4. The van der Waals surface area contributed by atoms with E-state index in [1.807, 2.05) is 112 Å².